The summed E-state index contributed by atoms with van der Waals surface area (Å²) in [4.78, 5) is 6.94. The zero-order valence-electron chi connectivity index (χ0n) is 14.4. The average Bonchev–Trinajstić information content (AvgIpc) is 3.22. The summed E-state index contributed by atoms with van der Waals surface area (Å²) >= 11 is 0. The van der Waals surface area contributed by atoms with E-state index in [0.717, 1.165) is 36.6 Å². The van der Waals surface area contributed by atoms with Gasteiger partial charge in [-0.05, 0) is 33.2 Å². The van der Waals surface area contributed by atoms with Gasteiger partial charge in [-0.1, -0.05) is 30.3 Å². The second-order valence-corrected chi connectivity index (χ2v) is 6.60. The molecule has 3 rings (SSSR count). The maximum absolute atomic E-state index is 10.2. The number of aliphatic hydroxyl groups excluding tert-OH is 1. The zero-order chi connectivity index (χ0) is 16.9. The Hall–Kier alpha value is -1.76. The molecule has 1 aromatic heterocycles. The predicted octanol–water partition coefficient (Wildman–Crippen LogP) is 2.39. The van der Waals surface area contributed by atoms with Crippen LogP contribution in [0.5, 0.6) is 0 Å². The first-order chi connectivity index (χ1) is 11.6. The minimum absolute atomic E-state index is 0.136. The van der Waals surface area contributed by atoms with Gasteiger partial charge in [-0.3, -0.25) is 10.00 Å². The standard InChI is InChI=1S/C18H26N4O2/c1-13(2)24-12-15(23)11-22-10-6-9-16(22)18-19-17(20-21-18)14-7-4-3-5-8-14/h3-5,7-8,13,15-16,23H,6,9-12H2,1-2H3,(H,19,20,21). The number of aromatic nitrogens is 3. The van der Waals surface area contributed by atoms with E-state index in [2.05, 4.69) is 20.1 Å². The van der Waals surface area contributed by atoms with Crippen molar-refractivity contribution in [3.63, 3.8) is 0 Å². The third kappa shape index (κ3) is 4.20. The molecule has 1 aliphatic heterocycles. The Morgan fingerprint density at radius 2 is 2.12 bits per heavy atom. The summed E-state index contributed by atoms with van der Waals surface area (Å²) < 4.78 is 5.50. The van der Waals surface area contributed by atoms with Crippen LogP contribution < -0.4 is 0 Å². The van der Waals surface area contributed by atoms with Crippen molar-refractivity contribution < 1.29 is 9.84 Å². The predicted molar refractivity (Wildman–Crippen MR) is 92.5 cm³/mol. The number of hydrogen-bond acceptors (Lipinski definition) is 5. The van der Waals surface area contributed by atoms with Crippen molar-refractivity contribution in [1.29, 1.82) is 0 Å². The smallest absolute Gasteiger partial charge is 0.181 e. The average molecular weight is 330 g/mol. The second-order valence-electron chi connectivity index (χ2n) is 6.60. The molecule has 2 aromatic rings. The molecule has 0 bridgehead atoms. The minimum atomic E-state index is -0.482. The molecular weight excluding hydrogens is 304 g/mol. The molecule has 1 saturated heterocycles. The highest BCUT2D eigenvalue weighted by Gasteiger charge is 2.30. The van der Waals surface area contributed by atoms with E-state index in [4.69, 9.17) is 4.74 Å². The second kappa shape index (κ2) is 7.88. The number of β-amino-alcohol motifs (C(OH)–C–C–N with tert-alkyl or cyclic N) is 1. The van der Waals surface area contributed by atoms with Gasteiger partial charge in [-0.15, -0.1) is 0 Å². The SMILES string of the molecule is CC(C)OCC(O)CN1CCCC1c1nc(-c2ccccc2)n[nH]1. The van der Waals surface area contributed by atoms with Gasteiger partial charge in [0.05, 0.1) is 24.9 Å². The van der Waals surface area contributed by atoms with Crippen LogP contribution in [0.1, 0.15) is 38.6 Å². The van der Waals surface area contributed by atoms with Crippen molar-refractivity contribution >= 4 is 0 Å². The molecule has 0 amide bonds. The van der Waals surface area contributed by atoms with E-state index in [9.17, 15) is 5.11 Å². The normalized spacial score (nSPS) is 19.9. The van der Waals surface area contributed by atoms with Crippen molar-refractivity contribution in [2.75, 3.05) is 19.7 Å². The molecule has 0 radical (unpaired) electrons. The van der Waals surface area contributed by atoms with E-state index < -0.39 is 6.10 Å². The number of hydrogen-bond donors (Lipinski definition) is 2. The number of benzene rings is 1. The molecular formula is C18H26N4O2. The highest BCUT2D eigenvalue weighted by Crippen LogP contribution is 2.30. The maximum atomic E-state index is 10.2. The number of nitrogens with zero attached hydrogens (tertiary/aromatic N) is 3. The molecule has 0 saturated carbocycles. The Morgan fingerprint density at radius 3 is 2.88 bits per heavy atom. The summed E-state index contributed by atoms with van der Waals surface area (Å²) in [5, 5.41) is 17.6. The van der Waals surface area contributed by atoms with Gasteiger partial charge in [0.1, 0.15) is 5.82 Å². The number of rotatable bonds is 7. The van der Waals surface area contributed by atoms with Crippen LogP contribution in [0.3, 0.4) is 0 Å². The van der Waals surface area contributed by atoms with Crippen LogP contribution in [-0.2, 0) is 4.74 Å². The quantitative estimate of drug-likeness (QED) is 0.815. The molecule has 2 heterocycles. The molecule has 6 nitrogen and oxygen atoms in total. The zero-order valence-corrected chi connectivity index (χ0v) is 14.4. The lowest BCUT2D eigenvalue weighted by atomic mass is 10.2. The van der Waals surface area contributed by atoms with Gasteiger partial charge in [0.15, 0.2) is 5.82 Å². The molecule has 2 unspecified atom stereocenters. The Balaban J connectivity index is 1.64. The van der Waals surface area contributed by atoms with Gasteiger partial charge in [-0.2, -0.15) is 5.10 Å². The molecule has 1 aromatic carbocycles. The molecule has 0 aliphatic carbocycles. The van der Waals surface area contributed by atoms with Crippen LogP contribution in [0.2, 0.25) is 0 Å². The van der Waals surface area contributed by atoms with Crippen LogP contribution in [0.25, 0.3) is 11.4 Å². The minimum Gasteiger partial charge on any atom is -0.389 e. The fraction of sp³-hybridized carbons (Fsp3) is 0.556. The molecule has 2 N–H and O–H groups in total. The van der Waals surface area contributed by atoms with E-state index in [1.165, 1.54) is 0 Å². The first-order valence-corrected chi connectivity index (χ1v) is 8.65. The number of H-pyrrole nitrogens is 1. The largest absolute Gasteiger partial charge is 0.389 e. The van der Waals surface area contributed by atoms with Gasteiger partial charge in [-0.25, -0.2) is 4.98 Å². The maximum Gasteiger partial charge on any atom is 0.181 e. The third-order valence-corrected chi connectivity index (χ3v) is 4.28. The number of nitrogens with one attached hydrogen (secondary N) is 1. The van der Waals surface area contributed by atoms with Crippen molar-refractivity contribution in [3.05, 3.63) is 36.2 Å². The molecule has 130 valence electrons. The van der Waals surface area contributed by atoms with Crippen molar-refractivity contribution in [2.24, 2.45) is 0 Å². The van der Waals surface area contributed by atoms with Crippen molar-refractivity contribution in [1.82, 2.24) is 20.1 Å². The van der Waals surface area contributed by atoms with E-state index in [1.807, 2.05) is 44.2 Å². The lowest BCUT2D eigenvalue weighted by Gasteiger charge is -2.25. The fourth-order valence-corrected chi connectivity index (χ4v) is 3.12. The first kappa shape index (κ1) is 17.1. The summed E-state index contributed by atoms with van der Waals surface area (Å²) in [6.07, 6.45) is 1.78. The number of likely N-dealkylation sites (tertiary alicyclic amines) is 1. The van der Waals surface area contributed by atoms with Crippen LogP contribution in [0, 0.1) is 0 Å². The van der Waals surface area contributed by atoms with Gasteiger partial charge >= 0.3 is 0 Å². The highest BCUT2D eigenvalue weighted by atomic mass is 16.5. The fourth-order valence-electron chi connectivity index (χ4n) is 3.12. The van der Waals surface area contributed by atoms with Gasteiger partial charge < -0.3 is 9.84 Å². The summed E-state index contributed by atoms with van der Waals surface area (Å²) in [6.45, 7) is 5.88. The first-order valence-electron chi connectivity index (χ1n) is 8.65. The summed E-state index contributed by atoms with van der Waals surface area (Å²) in [7, 11) is 0. The van der Waals surface area contributed by atoms with Crippen LogP contribution in [0.15, 0.2) is 30.3 Å². The highest BCUT2D eigenvalue weighted by molar-refractivity contribution is 5.53. The lowest BCUT2D eigenvalue weighted by molar-refractivity contribution is -0.0105. The van der Waals surface area contributed by atoms with Crippen LogP contribution in [0.4, 0.5) is 0 Å². The van der Waals surface area contributed by atoms with E-state index in [-0.39, 0.29) is 12.1 Å². The van der Waals surface area contributed by atoms with E-state index in [1.54, 1.807) is 0 Å². The van der Waals surface area contributed by atoms with E-state index in [0.29, 0.717) is 13.2 Å². The summed E-state index contributed by atoms with van der Waals surface area (Å²) in [6, 6.07) is 10.1. The number of aromatic amines is 1. The van der Waals surface area contributed by atoms with E-state index >= 15 is 0 Å². The third-order valence-electron chi connectivity index (χ3n) is 4.28. The Bertz CT molecular complexity index is 629. The van der Waals surface area contributed by atoms with Crippen molar-refractivity contribution in [2.45, 2.75) is 44.9 Å². The van der Waals surface area contributed by atoms with Gasteiger partial charge in [0, 0.05) is 12.1 Å². The molecule has 2 atom stereocenters. The molecule has 1 aliphatic rings. The number of ether oxygens (including phenoxy) is 1. The number of aliphatic hydroxyl groups is 1. The Morgan fingerprint density at radius 1 is 1.33 bits per heavy atom. The van der Waals surface area contributed by atoms with Crippen LogP contribution in [-0.4, -0.2) is 57.1 Å². The van der Waals surface area contributed by atoms with Crippen LogP contribution >= 0.6 is 0 Å². The molecule has 1 fully saturated rings. The summed E-state index contributed by atoms with van der Waals surface area (Å²) in [5.74, 6) is 1.60. The molecule has 0 spiro atoms. The topological polar surface area (TPSA) is 74.3 Å². The Labute approximate surface area is 142 Å². The molecule has 6 heteroatoms. The van der Waals surface area contributed by atoms with Gasteiger partial charge in [0.25, 0.3) is 0 Å². The monoisotopic (exact) mass is 330 g/mol. The van der Waals surface area contributed by atoms with Gasteiger partial charge in [0.2, 0.25) is 0 Å². The summed E-state index contributed by atoms with van der Waals surface area (Å²) in [5.41, 5.74) is 1.01. The molecule has 24 heavy (non-hydrogen) atoms. The van der Waals surface area contributed by atoms with Crippen molar-refractivity contribution in [3.8, 4) is 11.4 Å². The Kier molecular flexibility index (Phi) is 5.60. The lowest BCUT2D eigenvalue weighted by Crippen LogP contribution is -2.35.